The smallest absolute Gasteiger partial charge is 0.332 e. The third-order valence-electron chi connectivity index (χ3n) is 5.06. The maximum absolute atomic E-state index is 13.0. The van der Waals surface area contributed by atoms with E-state index in [9.17, 15) is 9.59 Å². The van der Waals surface area contributed by atoms with Gasteiger partial charge in [0.1, 0.15) is 0 Å². The predicted octanol–water partition coefficient (Wildman–Crippen LogP) is 4.28. The van der Waals surface area contributed by atoms with E-state index in [0.29, 0.717) is 10.8 Å². The monoisotopic (exact) mass is 455 g/mol. The highest BCUT2D eigenvalue weighted by Crippen LogP contribution is 2.32. The van der Waals surface area contributed by atoms with Crippen LogP contribution in [0.15, 0.2) is 105 Å². The summed E-state index contributed by atoms with van der Waals surface area (Å²) in [4.78, 5) is 33.3. The Morgan fingerprint density at radius 2 is 1.48 bits per heavy atom. The number of Topliss-reactive ketones (excluding diaryl/α,β-unsaturated/α-hetero) is 1. The molecule has 0 fully saturated rings. The summed E-state index contributed by atoms with van der Waals surface area (Å²) in [5.41, 5.74) is 3.50. The number of nitrogens with one attached hydrogen (secondary N) is 2. The molecule has 0 aliphatic heterocycles. The van der Waals surface area contributed by atoms with Crippen LogP contribution in [0.3, 0.4) is 0 Å². The Morgan fingerprint density at radius 1 is 0.879 bits per heavy atom. The molecule has 0 spiro atoms. The van der Waals surface area contributed by atoms with Gasteiger partial charge in [-0.05, 0) is 9.95 Å². The minimum Gasteiger partial charge on any atom is -0.332 e. The second-order valence-electron chi connectivity index (χ2n) is 7.21. The van der Waals surface area contributed by atoms with Crippen molar-refractivity contribution in [1.82, 2.24) is 15.2 Å². The third-order valence-corrected chi connectivity index (χ3v) is 5.93. The standard InChI is InChI=1S/C25H18N4O3S/c30-20(23-24(31)32-28-29(23)19-14-8-3-9-15-19)16-33-25-26-21(17-10-4-1-5-11-17)22(27-25)18-12-6-2-7-13-18/h1-15H,16H2,(H-,26,27,28,30,31)/p+1. The number of hydrogen-bond donors (Lipinski definition) is 2. The molecule has 33 heavy (non-hydrogen) atoms. The minimum atomic E-state index is -0.709. The fraction of sp³-hybridized carbons (Fsp3) is 0.0400. The quantitative estimate of drug-likeness (QED) is 0.217. The first-order valence-corrected chi connectivity index (χ1v) is 11.2. The van der Waals surface area contributed by atoms with E-state index in [1.54, 1.807) is 12.1 Å². The van der Waals surface area contributed by atoms with Crippen molar-refractivity contribution in [3.63, 3.8) is 0 Å². The fourth-order valence-corrected chi connectivity index (χ4v) is 4.25. The first-order valence-electron chi connectivity index (χ1n) is 10.3. The molecule has 8 heteroatoms. The number of para-hydroxylation sites is 1. The van der Waals surface area contributed by atoms with Gasteiger partial charge in [0, 0.05) is 23.3 Å². The molecule has 2 heterocycles. The number of aromatic amines is 2. The molecule has 0 unspecified atom stereocenters. The number of H-pyrrole nitrogens is 2. The van der Waals surface area contributed by atoms with Gasteiger partial charge in [0.2, 0.25) is 11.5 Å². The van der Waals surface area contributed by atoms with Crippen LogP contribution in [-0.4, -0.2) is 26.8 Å². The zero-order valence-electron chi connectivity index (χ0n) is 17.4. The van der Waals surface area contributed by atoms with E-state index in [4.69, 9.17) is 9.51 Å². The van der Waals surface area contributed by atoms with Gasteiger partial charge in [-0.3, -0.25) is 9.32 Å². The molecule has 0 radical (unpaired) electrons. The molecule has 2 N–H and O–H groups in total. The van der Waals surface area contributed by atoms with Crippen LogP contribution in [0.25, 0.3) is 28.2 Å². The Morgan fingerprint density at radius 3 is 2.15 bits per heavy atom. The number of rotatable bonds is 7. The molecular formula is C25H19N4O3S+. The molecule has 0 aliphatic carbocycles. The number of carbonyl (C=O) groups is 1. The molecule has 5 rings (SSSR count). The summed E-state index contributed by atoms with van der Waals surface area (Å²) in [6, 6.07) is 28.8. The van der Waals surface area contributed by atoms with Gasteiger partial charge >= 0.3 is 11.3 Å². The fourth-order valence-electron chi connectivity index (χ4n) is 3.51. The summed E-state index contributed by atoms with van der Waals surface area (Å²) in [6.45, 7) is 0. The zero-order valence-corrected chi connectivity index (χ0v) is 18.2. The number of hydrogen-bond acceptors (Lipinski definition) is 5. The molecule has 0 saturated carbocycles. The maximum Gasteiger partial charge on any atom is 0.438 e. The van der Waals surface area contributed by atoms with Crippen LogP contribution in [0.2, 0.25) is 0 Å². The van der Waals surface area contributed by atoms with E-state index in [1.165, 1.54) is 16.4 Å². The van der Waals surface area contributed by atoms with Crippen LogP contribution in [0.5, 0.6) is 0 Å². The second kappa shape index (κ2) is 9.13. The average Bonchev–Trinajstić information content (AvgIpc) is 3.48. The van der Waals surface area contributed by atoms with Crippen molar-refractivity contribution in [3.8, 4) is 28.2 Å². The van der Waals surface area contributed by atoms with E-state index in [0.717, 1.165) is 22.5 Å². The minimum absolute atomic E-state index is 0.0193. The number of nitrogens with zero attached hydrogens (tertiary/aromatic N) is 2. The summed E-state index contributed by atoms with van der Waals surface area (Å²) >= 11 is 1.24. The van der Waals surface area contributed by atoms with Crippen LogP contribution in [0, 0.1) is 0 Å². The molecule has 7 nitrogen and oxygen atoms in total. The lowest BCUT2D eigenvalue weighted by Gasteiger charge is -2.02. The molecule has 0 saturated heterocycles. The van der Waals surface area contributed by atoms with E-state index < -0.39 is 5.63 Å². The lowest BCUT2D eigenvalue weighted by molar-refractivity contribution is -0.672. The van der Waals surface area contributed by atoms with Gasteiger partial charge in [-0.1, -0.05) is 90.6 Å². The summed E-state index contributed by atoms with van der Waals surface area (Å²) in [5, 5.41) is 3.09. The topological polar surface area (TPSA) is 95.6 Å². The highest BCUT2D eigenvalue weighted by molar-refractivity contribution is 7.99. The third kappa shape index (κ3) is 4.28. The summed E-state index contributed by atoms with van der Waals surface area (Å²) < 4.78 is 6.25. The molecule has 5 aromatic rings. The predicted molar refractivity (Wildman–Crippen MR) is 125 cm³/mol. The Hall–Kier alpha value is -4.17. The highest BCUT2D eigenvalue weighted by Gasteiger charge is 2.30. The van der Waals surface area contributed by atoms with Crippen molar-refractivity contribution in [2.75, 3.05) is 5.75 Å². The molecule has 0 bridgehead atoms. The van der Waals surface area contributed by atoms with Gasteiger partial charge in [0.05, 0.1) is 17.1 Å². The summed E-state index contributed by atoms with van der Waals surface area (Å²) in [5.74, 6) is -0.344. The van der Waals surface area contributed by atoms with Crippen LogP contribution in [0.1, 0.15) is 10.5 Å². The Balaban J connectivity index is 1.43. The maximum atomic E-state index is 13.0. The summed E-state index contributed by atoms with van der Waals surface area (Å²) in [6.07, 6.45) is 0. The first-order chi connectivity index (χ1) is 16.2. The average molecular weight is 456 g/mol. The van der Waals surface area contributed by atoms with Crippen molar-refractivity contribution in [1.29, 1.82) is 0 Å². The van der Waals surface area contributed by atoms with Crippen molar-refractivity contribution >= 4 is 17.5 Å². The molecule has 0 amide bonds. The van der Waals surface area contributed by atoms with Gasteiger partial charge in [-0.25, -0.2) is 9.78 Å². The van der Waals surface area contributed by atoms with Crippen LogP contribution in [-0.2, 0) is 0 Å². The Bertz CT molecular complexity index is 1380. The van der Waals surface area contributed by atoms with Gasteiger partial charge in [-0.2, -0.15) is 0 Å². The van der Waals surface area contributed by atoms with Crippen LogP contribution < -0.4 is 10.3 Å². The normalized spacial score (nSPS) is 10.9. The van der Waals surface area contributed by atoms with Crippen LogP contribution in [0.4, 0.5) is 0 Å². The molecule has 162 valence electrons. The van der Waals surface area contributed by atoms with E-state index in [-0.39, 0.29) is 17.2 Å². The van der Waals surface area contributed by atoms with Crippen molar-refractivity contribution in [2.45, 2.75) is 5.16 Å². The van der Waals surface area contributed by atoms with Crippen molar-refractivity contribution in [3.05, 3.63) is 107 Å². The molecular weight excluding hydrogens is 436 g/mol. The number of ketones is 1. The number of carbonyl (C=O) groups excluding carboxylic acids is 1. The van der Waals surface area contributed by atoms with Gasteiger partial charge < -0.3 is 4.98 Å². The SMILES string of the molecule is O=C(CSc1nc(-c2ccccc2)c(-c2ccccc2)[nH]1)c1c(=O)o[nH][n+]1-c1ccccc1. The first kappa shape index (κ1) is 20.7. The zero-order chi connectivity index (χ0) is 22.6. The number of imidazole rings is 1. The van der Waals surface area contributed by atoms with E-state index in [2.05, 4.69) is 10.3 Å². The Kier molecular flexibility index (Phi) is 5.73. The number of thioether (sulfide) groups is 1. The second-order valence-corrected chi connectivity index (χ2v) is 8.17. The summed E-state index contributed by atoms with van der Waals surface area (Å²) in [7, 11) is 0. The number of benzene rings is 3. The lowest BCUT2D eigenvalue weighted by atomic mass is 10.1. The number of aromatic nitrogens is 4. The van der Waals surface area contributed by atoms with Crippen molar-refractivity contribution in [2.24, 2.45) is 0 Å². The highest BCUT2D eigenvalue weighted by atomic mass is 32.2. The van der Waals surface area contributed by atoms with E-state index >= 15 is 0 Å². The van der Waals surface area contributed by atoms with E-state index in [1.807, 2.05) is 78.9 Å². The Labute approximate surface area is 193 Å². The lowest BCUT2D eigenvalue weighted by Crippen LogP contribution is -2.41. The van der Waals surface area contributed by atoms with Gasteiger partial charge in [0.15, 0.2) is 5.16 Å². The largest absolute Gasteiger partial charge is 0.438 e. The molecule has 3 aromatic carbocycles. The molecule has 2 aromatic heterocycles. The molecule has 0 atom stereocenters. The van der Waals surface area contributed by atoms with Gasteiger partial charge in [-0.15, -0.1) is 0 Å². The van der Waals surface area contributed by atoms with Gasteiger partial charge in [0.25, 0.3) is 0 Å². The van der Waals surface area contributed by atoms with Crippen molar-refractivity contribution < 1.29 is 14.0 Å². The van der Waals surface area contributed by atoms with Crippen LogP contribution >= 0.6 is 11.8 Å². The molecule has 0 aliphatic rings.